The topological polar surface area (TPSA) is 87.2 Å². The highest BCUT2D eigenvalue weighted by Gasteiger charge is 2.31. The van der Waals surface area contributed by atoms with Crippen LogP contribution in [0.15, 0.2) is 18.3 Å². The van der Waals surface area contributed by atoms with E-state index in [1.54, 1.807) is 18.3 Å². The second-order valence-corrected chi connectivity index (χ2v) is 6.43. The quantitative estimate of drug-likeness (QED) is 0.736. The third kappa shape index (κ3) is 4.52. The predicted octanol–water partition coefficient (Wildman–Crippen LogP) is 0.320. The minimum atomic E-state index is -0.587. The fourth-order valence-corrected chi connectivity index (χ4v) is 3.42. The molecule has 0 radical (unpaired) electrons. The van der Waals surface area contributed by atoms with Crippen LogP contribution in [0.2, 0.25) is 0 Å². The highest BCUT2D eigenvalue weighted by atomic mass is 16.5. The molecule has 1 aromatic rings. The van der Waals surface area contributed by atoms with E-state index in [9.17, 15) is 9.90 Å². The number of likely N-dealkylation sites (tertiary alicyclic amines) is 1. The number of urea groups is 1. The number of aromatic nitrogens is 1. The number of hydrogen-bond acceptors (Lipinski definition) is 6. The van der Waals surface area contributed by atoms with Crippen LogP contribution in [0, 0.1) is 0 Å². The van der Waals surface area contributed by atoms with Crippen LogP contribution >= 0.6 is 0 Å². The molecule has 0 aromatic carbocycles. The zero-order valence-corrected chi connectivity index (χ0v) is 14.6. The first-order chi connectivity index (χ1) is 12.2. The van der Waals surface area contributed by atoms with Gasteiger partial charge >= 0.3 is 6.03 Å². The van der Waals surface area contributed by atoms with Crippen molar-refractivity contribution in [2.45, 2.75) is 25.0 Å². The highest BCUT2D eigenvalue weighted by molar-refractivity contribution is 5.76. The van der Waals surface area contributed by atoms with Crippen LogP contribution in [0.1, 0.15) is 12.8 Å². The number of nitrogens with zero attached hydrogens (tertiary/aromatic N) is 3. The molecule has 3 rings (SSSR count). The Hall–Kier alpha value is -2.06. The first-order valence-corrected chi connectivity index (χ1v) is 8.74. The van der Waals surface area contributed by atoms with E-state index in [0.29, 0.717) is 24.2 Å². The summed E-state index contributed by atoms with van der Waals surface area (Å²) in [6.07, 6.45) is 2.93. The SMILES string of the molecule is COc1ncccc1OCC(O)CN1CCC(N2CCNC2=O)CC1. The van der Waals surface area contributed by atoms with Gasteiger partial charge in [-0.3, -0.25) is 0 Å². The molecule has 2 aliphatic heterocycles. The third-order valence-corrected chi connectivity index (χ3v) is 4.72. The molecule has 8 heteroatoms. The van der Waals surface area contributed by atoms with Gasteiger partial charge < -0.3 is 29.7 Å². The van der Waals surface area contributed by atoms with Crippen molar-refractivity contribution in [3.05, 3.63) is 18.3 Å². The molecule has 2 aliphatic rings. The number of nitrogens with one attached hydrogen (secondary N) is 1. The number of rotatable bonds is 7. The van der Waals surface area contributed by atoms with Crippen molar-refractivity contribution in [3.63, 3.8) is 0 Å². The number of β-amino-alcohol motifs (C(OH)–C–C–N with tert-alkyl or cyclic N) is 1. The summed E-state index contributed by atoms with van der Waals surface area (Å²) < 4.78 is 10.8. The number of methoxy groups -OCH3 is 1. The molecule has 3 heterocycles. The summed E-state index contributed by atoms with van der Waals surface area (Å²) >= 11 is 0. The van der Waals surface area contributed by atoms with E-state index in [1.165, 1.54) is 7.11 Å². The number of aliphatic hydroxyl groups is 1. The van der Waals surface area contributed by atoms with Gasteiger partial charge in [-0.25, -0.2) is 9.78 Å². The van der Waals surface area contributed by atoms with Crippen molar-refractivity contribution in [1.29, 1.82) is 0 Å². The Bertz CT molecular complexity index is 578. The standard InChI is InChI=1S/C17H26N4O4/c1-24-16-15(3-2-6-18-16)25-12-14(22)11-20-8-4-13(5-9-20)21-10-7-19-17(21)23/h2-3,6,13-14,22H,4-5,7-12H2,1H3,(H,19,23). The van der Waals surface area contributed by atoms with Crippen LogP contribution in [0.25, 0.3) is 0 Å². The zero-order chi connectivity index (χ0) is 17.6. The molecule has 1 unspecified atom stereocenters. The summed E-state index contributed by atoms with van der Waals surface area (Å²) in [5.74, 6) is 0.946. The lowest BCUT2D eigenvalue weighted by atomic mass is 10.0. The highest BCUT2D eigenvalue weighted by Crippen LogP contribution is 2.23. The van der Waals surface area contributed by atoms with Crippen molar-refractivity contribution in [1.82, 2.24) is 20.1 Å². The average Bonchev–Trinajstić information content (AvgIpc) is 3.07. The number of pyridine rings is 1. The third-order valence-electron chi connectivity index (χ3n) is 4.72. The number of carbonyl (C=O) groups excluding carboxylic acids is 1. The number of amides is 2. The number of aliphatic hydroxyl groups excluding tert-OH is 1. The predicted molar refractivity (Wildman–Crippen MR) is 91.9 cm³/mol. The van der Waals surface area contributed by atoms with Crippen LogP contribution in [-0.4, -0.2) is 84.5 Å². The summed E-state index contributed by atoms with van der Waals surface area (Å²) in [7, 11) is 1.54. The van der Waals surface area contributed by atoms with Gasteiger partial charge in [-0.05, 0) is 25.0 Å². The van der Waals surface area contributed by atoms with E-state index >= 15 is 0 Å². The summed E-state index contributed by atoms with van der Waals surface area (Å²) in [6, 6.07) is 3.90. The lowest BCUT2D eigenvalue weighted by Crippen LogP contribution is -2.48. The van der Waals surface area contributed by atoms with Gasteiger partial charge in [0.05, 0.1) is 7.11 Å². The number of ether oxygens (including phenoxy) is 2. The minimum absolute atomic E-state index is 0.0531. The van der Waals surface area contributed by atoms with Gasteiger partial charge in [0, 0.05) is 45.0 Å². The van der Waals surface area contributed by atoms with Gasteiger partial charge in [-0.1, -0.05) is 0 Å². The second kappa shape index (κ2) is 8.35. The average molecular weight is 350 g/mol. The first kappa shape index (κ1) is 17.8. The van der Waals surface area contributed by atoms with E-state index < -0.39 is 6.10 Å². The molecule has 0 saturated carbocycles. The minimum Gasteiger partial charge on any atom is -0.485 e. The molecule has 2 N–H and O–H groups in total. The van der Waals surface area contributed by atoms with Gasteiger partial charge in [0.2, 0.25) is 0 Å². The van der Waals surface area contributed by atoms with E-state index in [-0.39, 0.29) is 12.6 Å². The van der Waals surface area contributed by atoms with Gasteiger partial charge in [-0.2, -0.15) is 0 Å². The Morgan fingerprint density at radius 2 is 2.20 bits per heavy atom. The summed E-state index contributed by atoms with van der Waals surface area (Å²) in [6.45, 7) is 4.04. The smallest absolute Gasteiger partial charge is 0.317 e. The molecule has 2 saturated heterocycles. The first-order valence-electron chi connectivity index (χ1n) is 8.74. The molecule has 0 bridgehead atoms. The molecule has 1 atom stereocenters. The van der Waals surface area contributed by atoms with E-state index in [2.05, 4.69) is 15.2 Å². The van der Waals surface area contributed by atoms with Gasteiger partial charge in [0.25, 0.3) is 5.88 Å². The maximum absolute atomic E-state index is 11.7. The molecular weight excluding hydrogens is 324 g/mol. The van der Waals surface area contributed by atoms with Crippen LogP contribution in [-0.2, 0) is 0 Å². The monoisotopic (exact) mass is 350 g/mol. The number of hydrogen-bond donors (Lipinski definition) is 2. The Balaban J connectivity index is 1.40. The fraction of sp³-hybridized carbons (Fsp3) is 0.647. The van der Waals surface area contributed by atoms with Crippen LogP contribution < -0.4 is 14.8 Å². The lowest BCUT2D eigenvalue weighted by Gasteiger charge is -2.36. The molecule has 138 valence electrons. The fourth-order valence-electron chi connectivity index (χ4n) is 3.42. The Labute approximate surface area is 147 Å². The van der Waals surface area contributed by atoms with E-state index in [4.69, 9.17) is 9.47 Å². The summed E-state index contributed by atoms with van der Waals surface area (Å²) in [5, 5.41) is 13.1. The van der Waals surface area contributed by atoms with Crippen molar-refractivity contribution in [2.24, 2.45) is 0 Å². The molecule has 1 aromatic heterocycles. The molecule has 2 fully saturated rings. The maximum atomic E-state index is 11.7. The lowest BCUT2D eigenvalue weighted by molar-refractivity contribution is 0.0500. The normalized spacial score (nSPS) is 20.4. The Morgan fingerprint density at radius 3 is 2.88 bits per heavy atom. The van der Waals surface area contributed by atoms with Gasteiger partial charge in [0.15, 0.2) is 5.75 Å². The van der Waals surface area contributed by atoms with Crippen molar-refractivity contribution < 1.29 is 19.4 Å². The van der Waals surface area contributed by atoms with Gasteiger partial charge in [-0.15, -0.1) is 0 Å². The number of carbonyl (C=O) groups is 1. The summed E-state index contributed by atoms with van der Waals surface area (Å²) in [4.78, 5) is 20.0. The van der Waals surface area contributed by atoms with Crippen molar-refractivity contribution >= 4 is 6.03 Å². The molecule has 2 amide bonds. The molecule has 25 heavy (non-hydrogen) atoms. The maximum Gasteiger partial charge on any atom is 0.317 e. The molecule has 0 aliphatic carbocycles. The van der Waals surface area contributed by atoms with E-state index in [0.717, 1.165) is 39.0 Å². The van der Waals surface area contributed by atoms with E-state index in [1.807, 2.05) is 4.90 Å². The van der Waals surface area contributed by atoms with Crippen LogP contribution in [0.5, 0.6) is 11.6 Å². The van der Waals surface area contributed by atoms with Crippen LogP contribution in [0.3, 0.4) is 0 Å². The Morgan fingerprint density at radius 1 is 1.40 bits per heavy atom. The Kier molecular flexibility index (Phi) is 5.93. The second-order valence-electron chi connectivity index (χ2n) is 6.43. The zero-order valence-electron chi connectivity index (χ0n) is 14.6. The largest absolute Gasteiger partial charge is 0.485 e. The van der Waals surface area contributed by atoms with Crippen molar-refractivity contribution in [3.8, 4) is 11.6 Å². The number of piperidine rings is 1. The van der Waals surface area contributed by atoms with Gasteiger partial charge in [0.1, 0.15) is 12.7 Å². The molecular formula is C17H26N4O4. The van der Waals surface area contributed by atoms with Crippen molar-refractivity contribution in [2.75, 3.05) is 46.4 Å². The summed E-state index contributed by atoms with van der Waals surface area (Å²) in [5.41, 5.74) is 0. The molecule has 8 nitrogen and oxygen atoms in total. The molecule has 0 spiro atoms. The van der Waals surface area contributed by atoms with Crippen LogP contribution in [0.4, 0.5) is 4.79 Å².